The Hall–Kier alpha value is -2.82. The van der Waals surface area contributed by atoms with Crippen molar-refractivity contribution in [3.8, 4) is 11.5 Å². The number of nitrogens with zero attached hydrogens (tertiary/aromatic N) is 1. The normalized spacial score (nSPS) is 33.4. The van der Waals surface area contributed by atoms with Gasteiger partial charge in [0.25, 0.3) is 5.56 Å². The number of fused-ring (bicyclic) bond motifs is 1. The summed E-state index contributed by atoms with van der Waals surface area (Å²) in [7, 11) is 0. The van der Waals surface area contributed by atoms with Crippen LogP contribution >= 0.6 is 0 Å². The van der Waals surface area contributed by atoms with Gasteiger partial charge in [0.15, 0.2) is 24.0 Å². The molecule has 0 radical (unpaired) electrons. The van der Waals surface area contributed by atoms with Crippen LogP contribution in [0.3, 0.4) is 0 Å². The van der Waals surface area contributed by atoms with Crippen LogP contribution in [0.4, 0.5) is 0 Å². The Bertz CT molecular complexity index is 1210. The molecule has 1 aromatic heterocycles. The minimum Gasteiger partial charge on any atom is -0.486 e. The van der Waals surface area contributed by atoms with Crippen LogP contribution in [0.1, 0.15) is 12.6 Å². The van der Waals surface area contributed by atoms with E-state index in [2.05, 4.69) is 10.3 Å². The van der Waals surface area contributed by atoms with Gasteiger partial charge < -0.3 is 50.1 Å². The number of H-pyrrole nitrogens is 1. The van der Waals surface area contributed by atoms with Crippen LogP contribution in [0.25, 0.3) is 0 Å². The minimum atomic E-state index is -1.35. The Morgan fingerprint density at radius 1 is 1.13 bits per heavy atom. The van der Waals surface area contributed by atoms with Crippen molar-refractivity contribution in [2.24, 2.45) is 5.73 Å². The van der Waals surface area contributed by atoms with Crippen molar-refractivity contribution in [1.82, 2.24) is 14.9 Å². The van der Waals surface area contributed by atoms with E-state index in [1.165, 1.54) is 6.20 Å². The van der Waals surface area contributed by atoms with Crippen LogP contribution in [-0.2, 0) is 14.2 Å². The summed E-state index contributed by atoms with van der Waals surface area (Å²) >= 11 is 0. The third-order valence-electron chi connectivity index (χ3n) is 6.80. The van der Waals surface area contributed by atoms with Gasteiger partial charge in [0.1, 0.15) is 37.1 Å². The summed E-state index contributed by atoms with van der Waals surface area (Å²) in [6.45, 7) is 0.883. The Morgan fingerprint density at radius 3 is 2.66 bits per heavy atom. The molecule has 1 aromatic carbocycles. The lowest BCUT2D eigenvalue weighted by molar-refractivity contribution is -0.213. The second kappa shape index (κ2) is 11.5. The number of aromatic amines is 1. The van der Waals surface area contributed by atoms with Gasteiger partial charge in [-0.3, -0.25) is 14.3 Å². The number of aliphatic hydroxyl groups is 3. The van der Waals surface area contributed by atoms with Gasteiger partial charge in [-0.2, -0.15) is 0 Å². The summed E-state index contributed by atoms with van der Waals surface area (Å²) in [6, 6.07) is 8.51. The van der Waals surface area contributed by atoms with E-state index in [0.717, 1.165) is 10.6 Å². The van der Waals surface area contributed by atoms with Crippen LogP contribution in [-0.4, -0.2) is 100 Å². The fraction of sp³-hybridized carbons (Fsp3) is 0.583. The SMILES string of the molecule is NC[C@H]1O[C@@H](O[C@@H](CNCC2COc3ccccc3O2)[C@@H]2C[C@@H](O)[C@H](n3ccc(=O)[nH]c3=O)O2)[C@H](O)[C@@H]1O. The molecule has 208 valence electrons. The van der Waals surface area contributed by atoms with Gasteiger partial charge in [-0.1, -0.05) is 12.1 Å². The maximum absolute atomic E-state index is 12.3. The monoisotopic (exact) mass is 536 g/mol. The second-order valence-corrected chi connectivity index (χ2v) is 9.48. The molecule has 0 aliphatic carbocycles. The predicted octanol–water partition coefficient (Wildman–Crippen LogP) is -2.59. The number of aliphatic hydroxyl groups excluding tert-OH is 3. The molecule has 14 nitrogen and oxygen atoms in total. The number of benzene rings is 1. The van der Waals surface area contributed by atoms with Crippen molar-refractivity contribution >= 4 is 0 Å². The van der Waals surface area contributed by atoms with Gasteiger partial charge in [0.05, 0.1) is 12.2 Å². The molecule has 4 heterocycles. The molecule has 0 saturated carbocycles. The average molecular weight is 537 g/mol. The molecule has 14 heteroatoms. The van der Waals surface area contributed by atoms with E-state index < -0.39 is 60.4 Å². The first kappa shape index (κ1) is 26.8. The van der Waals surface area contributed by atoms with E-state index >= 15 is 0 Å². The first-order chi connectivity index (χ1) is 18.3. The summed E-state index contributed by atoms with van der Waals surface area (Å²) < 4.78 is 30.4. The molecule has 0 amide bonds. The Labute approximate surface area is 216 Å². The quantitative estimate of drug-likeness (QED) is 0.196. The number of ether oxygens (including phenoxy) is 5. The summed E-state index contributed by atoms with van der Waals surface area (Å²) in [4.78, 5) is 25.8. The van der Waals surface area contributed by atoms with Crippen molar-refractivity contribution in [1.29, 1.82) is 0 Å². The molecule has 0 spiro atoms. The van der Waals surface area contributed by atoms with E-state index in [0.29, 0.717) is 24.7 Å². The van der Waals surface area contributed by atoms with Gasteiger partial charge in [0, 0.05) is 38.3 Å². The molecule has 5 rings (SSSR count). The van der Waals surface area contributed by atoms with Crippen LogP contribution in [0.5, 0.6) is 11.5 Å². The maximum Gasteiger partial charge on any atom is 0.330 e. The van der Waals surface area contributed by atoms with Crippen LogP contribution in [0.2, 0.25) is 0 Å². The number of hydrogen-bond acceptors (Lipinski definition) is 12. The molecule has 2 fully saturated rings. The van der Waals surface area contributed by atoms with Crippen molar-refractivity contribution in [2.75, 3.05) is 26.2 Å². The van der Waals surface area contributed by atoms with Gasteiger partial charge >= 0.3 is 5.69 Å². The van der Waals surface area contributed by atoms with Gasteiger partial charge in [-0.25, -0.2) is 4.79 Å². The predicted molar refractivity (Wildman–Crippen MR) is 130 cm³/mol. The molecule has 0 bridgehead atoms. The third-order valence-corrected chi connectivity index (χ3v) is 6.80. The van der Waals surface area contributed by atoms with Gasteiger partial charge in [0.2, 0.25) is 0 Å². The number of nitrogens with one attached hydrogen (secondary N) is 2. The van der Waals surface area contributed by atoms with Crippen molar-refractivity contribution in [2.45, 2.75) is 61.7 Å². The highest BCUT2D eigenvalue weighted by atomic mass is 16.7. The zero-order chi connectivity index (χ0) is 26.8. The lowest BCUT2D eigenvalue weighted by atomic mass is 10.1. The van der Waals surface area contributed by atoms with Crippen molar-refractivity contribution in [3.63, 3.8) is 0 Å². The van der Waals surface area contributed by atoms with E-state index in [9.17, 15) is 24.9 Å². The molecule has 7 N–H and O–H groups in total. The average Bonchev–Trinajstić information content (AvgIpc) is 3.42. The Morgan fingerprint density at radius 2 is 1.92 bits per heavy atom. The van der Waals surface area contributed by atoms with Crippen LogP contribution < -0.4 is 31.8 Å². The van der Waals surface area contributed by atoms with Crippen molar-refractivity contribution < 1.29 is 39.0 Å². The second-order valence-electron chi connectivity index (χ2n) is 9.48. The molecule has 3 aliphatic heterocycles. The molecule has 1 unspecified atom stereocenters. The Kier molecular flexibility index (Phi) is 8.11. The molecule has 9 atom stereocenters. The zero-order valence-corrected chi connectivity index (χ0v) is 20.4. The molecular formula is C24H32N4O10. The number of para-hydroxylation sites is 2. The number of nitrogens with two attached hydrogens (primary N) is 1. The molecular weight excluding hydrogens is 504 g/mol. The minimum absolute atomic E-state index is 0.0165. The van der Waals surface area contributed by atoms with Gasteiger partial charge in [-0.15, -0.1) is 0 Å². The van der Waals surface area contributed by atoms with Crippen LogP contribution in [0, 0.1) is 0 Å². The van der Waals surface area contributed by atoms with E-state index in [4.69, 9.17) is 29.4 Å². The lowest BCUT2D eigenvalue weighted by Crippen LogP contribution is -2.47. The summed E-state index contributed by atoms with van der Waals surface area (Å²) in [5, 5.41) is 34.6. The third kappa shape index (κ3) is 5.62. The zero-order valence-electron chi connectivity index (χ0n) is 20.4. The maximum atomic E-state index is 12.3. The van der Waals surface area contributed by atoms with E-state index in [1.807, 2.05) is 24.3 Å². The fourth-order valence-corrected chi connectivity index (χ4v) is 4.81. The molecule has 38 heavy (non-hydrogen) atoms. The fourth-order valence-electron chi connectivity index (χ4n) is 4.81. The lowest BCUT2D eigenvalue weighted by Gasteiger charge is -2.30. The topological polar surface area (TPSA) is 200 Å². The van der Waals surface area contributed by atoms with E-state index in [1.54, 1.807) is 0 Å². The van der Waals surface area contributed by atoms with E-state index in [-0.39, 0.29) is 25.6 Å². The highest BCUT2D eigenvalue weighted by molar-refractivity contribution is 5.40. The summed E-state index contributed by atoms with van der Waals surface area (Å²) in [6.07, 6.45) is -7.21. The van der Waals surface area contributed by atoms with Crippen molar-refractivity contribution in [3.05, 3.63) is 57.4 Å². The Balaban J connectivity index is 1.27. The standard InChI is InChI=1S/C24H32N4O10/c25-8-17-20(31)21(32)23(37-17)38-18(10-26-9-12-11-34-14-3-1-2-4-15(14)35-12)16-7-13(29)22(36-16)28-6-5-19(30)27-24(28)33/h1-6,12-13,16-18,20-23,26,29,31-32H,7-11,25H2,(H,27,30,33)/t12?,13-,16+,17-,18+,20-,21-,22-,23+/m1/s1. The highest BCUT2D eigenvalue weighted by Gasteiger charge is 2.47. The largest absolute Gasteiger partial charge is 0.486 e. The first-order valence-corrected chi connectivity index (χ1v) is 12.5. The van der Waals surface area contributed by atoms with Crippen LogP contribution in [0.15, 0.2) is 46.1 Å². The summed E-state index contributed by atoms with van der Waals surface area (Å²) in [5.41, 5.74) is 4.32. The molecule has 3 aliphatic rings. The van der Waals surface area contributed by atoms with Gasteiger partial charge in [-0.05, 0) is 12.1 Å². The smallest absolute Gasteiger partial charge is 0.330 e. The first-order valence-electron chi connectivity index (χ1n) is 12.5. The summed E-state index contributed by atoms with van der Waals surface area (Å²) in [5.74, 6) is 1.31. The molecule has 2 saturated heterocycles. The number of aromatic nitrogens is 2. The number of rotatable bonds is 9. The molecule has 2 aromatic rings. The highest BCUT2D eigenvalue weighted by Crippen LogP contribution is 2.33. The number of hydrogen-bond donors (Lipinski definition) is 6.